The van der Waals surface area contributed by atoms with Crippen LogP contribution in [0.3, 0.4) is 0 Å². The predicted octanol–water partition coefficient (Wildman–Crippen LogP) is 4.59. The summed E-state index contributed by atoms with van der Waals surface area (Å²) in [6.07, 6.45) is 9.50. The molecule has 0 bridgehead atoms. The number of fused-ring (bicyclic) bond motifs is 1. The largest absolute Gasteiger partial charge is 0.482 e. The van der Waals surface area contributed by atoms with Crippen molar-refractivity contribution in [3.05, 3.63) is 23.8 Å². The average Bonchev–Trinajstić information content (AvgIpc) is 2.61. The van der Waals surface area contributed by atoms with E-state index in [0.717, 1.165) is 18.8 Å². The number of amides is 1. The van der Waals surface area contributed by atoms with Gasteiger partial charge in [0.25, 0.3) is 5.91 Å². The zero-order chi connectivity index (χ0) is 16.9. The quantitative estimate of drug-likeness (QED) is 0.777. The molecule has 0 unspecified atom stereocenters. The van der Waals surface area contributed by atoms with Gasteiger partial charge in [-0.2, -0.15) is 0 Å². The Morgan fingerprint density at radius 3 is 2.88 bits per heavy atom. The molecule has 0 saturated heterocycles. The topological polar surface area (TPSA) is 55.4 Å². The molecule has 1 amide bonds. The van der Waals surface area contributed by atoms with Crippen molar-refractivity contribution >= 4 is 17.4 Å². The lowest BCUT2D eigenvalue weighted by Crippen LogP contribution is -2.25. The lowest BCUT2D eigenvalue weighted by molar-refractivity contribution is -0.118. The van der Waals surface area contributed by atoms with Crippen LogP contribution in [0.2, 0.25) is 0 Å². The van der Waals surface area contributed by atoms with E-state index in [1.165, 1.54) is 32.1 Å². The summed E-state index contributed by atoms with van der Waals surface area (Å²) in [4.78, 5) is 23.8. The first-order valence-electron chi connectivity index (χ1n) is 9.23. The third kappa shape index (κ3) is 4.16. The van der Waals surface area contributed by atoms with Crippen molar-refractivity contribution in [1.29, 1.82) is 0 Å². The van der Waals surface area contributed by atoms with Gasteiger partial charge in [0.15, 0.2) is 12.4 Å². The zero-order valence-electron chi connectivity index (χ0n) is 14.5. The molecule has 1 saturated carbocycles. The fraction of sp³-hybridized carbons (Fsp3) is 0.600. The van der Waals surface area contributed by atoms with Crippen LogP contribution < -0.4 is 10.1 Å². The number of carbonyl (C=O) groups excluding carboxylic acids is 2. The standard InChI is InChI=1S/C20H27NO3/c1-14(15-7-3-2-4-8-15)6-5-9-18(22)16-10-11-19-17(12-16)21-20(23)13-24-19/h10-12,14-15H,2-9,13H2,1H3,(H,21,23)/t14-/m0/s1. The number of carbonyl (C=O) groups is 2. The van der Waals surface area contributed by atoms with Gasteiger partial charge in [0.05, 0.1) is 5.69 Å². The summed E-state index contributed by atoms with van der Waals surface area (Å²) >= 11 is 0. The molecule has 1 atom stereocenters. The van der Waals surface area contributed by atoms with E-state index in [1.54, 1.807) is 18.2 Å². The van der Waals surface area contributed by atoms with Crippen LogP contribution in [0, 0.1) is 11.8 Å². The van der Waals surface area contributed by atoms with Crippen LogP contribution in [-0.4, -0.2) is 18.3 Å². The normalized spacial score (nSPS) is 19.1. The molecule has 0 aromatic heterocycles. The second-order valence-electron chi connectivity index (χ2n) is 7.24. The van der Waals surface area contributed by atoms with Crippen molar-refractivity contribution in [3.63, 3.8) is 0 Å². The third-order valence-corrected chi connectivity index (χ3v) is 5.45. The molecule has 24 heavy (non-hydrogen) atoms. The van der Waals surface area contributed by atoms with E-state index in [2.05, 4.69) is 12.2 Å². The van der Waals surface area contributed by atoms with Crippen molar-refractivity contribution in [2.24, 2.45) is 11.8 Å². The fourth-order valence-corrected chi connectivity index (χ4v) is 3.92. The molecule has 1 heterocycles. The van der Waals surface area contributed by atoms with Gasteiger partial charge in [-0.15, -0.1) is 0 Å². The molecule has 4 nitrogen and oxygen atoms in total. The molecule has 0 radical (unpaired) electrons. The number of Topliss-reactive ketones (excluding diaryl/α,β-unsaturated/α-hetero) is 1. The third-order valence-electron chi connectivity index (χ3n) is 5.45. The van der Waals surface area contributed by atoms with Crippen LogP contribution in [0.25, 0.3) is 0 Å². The van der Waals surface area contributed by atoms with E-state index in [1.807, 2.05) is 0 Å². The Balaban J connectivity index is 1.50. The number of hydrogen-bond acceptors (Lipinski definition) is 3. The molecular formula is C20H27NO3. The van der Waals surface area contributed by atoms with Gasteiger partial charge in [0.2, 0.25) is 0 Å². The van der Waals surface area contributed by atoms with E-state index in [9.17, 15) is 9.59 Å². The molecule has 2 aliphatic rings. The van der Waals surface area contributed by atoms with Crippen molar-refractivity contribution in [3.8, 4) is 5.75 Å². The maximum absolute atomic E-state index is 12.4. The average molecular weight is 329 g/mol. The molecule has 3 rings (SSSR count). The van der Waals surface area contributed by atoms with Crippen LogP contribution in [0.5, 0.6) is 5.75 Å². The highest BCUT2D eigenvalue weighted by Gasteiger charge is 2.21. The second-order valence-corrected chi connectivity index (χ2v) is 7.24. The summed E-state index contributed by atoms with van der Waals surface area (Å²) in [7, 11) is 0. The molecule has 0 spiro atoms. The summed E-state index contributed by atoms with van der Waals surface area (Å²) in [5.41, 5.74) is 1.26. The van der Waals surface area contributed by atoms with Crippen LogP contribution in [-0.2, 0) is 4.79 Å². The van der Waals surface area contributed by atoms with Crippen LogP contribution in [0.4, 0.5) is 5.69 Å². The molecule has 130 valence electrons. The molecule has 1 fully saturated rings. The van der Waals surface area contributed by atoms with Gasteiger partial charge in [-0.1, -0.05) is 45.4 Å². The first kappa shape index (κ1) is 17.0. The van der Waals surface area contributed by atoms with Crippen LogP contribution in [0.1, 0.15) is 68.6 Å². The SMILES string of the molecule is C[C@@H](CCCC(=O)c1ccc2c(c1)NC(=O)CO2)C1CCCCC1. The molecule has 1 N–H and O–H groups in total. The van der Waals surface area contributed by atoms with Crippen LogP contribution >= 0.6 is 0 Å². The Morgan fingerprint density at radius 2 is 2.08 bits per heavy atom. The van der Waals surface area contributed by atoms with E-state index >= 15 is 0 Å². The van der Waals surface area contributed by atoms with Gasteiger partial charge in [-0.25, -0.2) is 0 Å². The molecular weight excluding hydrogens is 302 g/mol. The second kappa shape index (κ2) is 7.82. The fourth-order valence-electron chi connectivity index (χ4n) is 3.92. The first-order chi connectivity index (χ1) is 11.6. The first-order valence-corrected chi connectivity index (χ1v) is 9.23. The number of ether oxygens (including phenoxy) is 1. The predicted molar refractivity (Wildman–Crippen MR) is 94.5 cm³/mol. The van der Waals surface area contributed by atoms with E-state index in [4.69, 9.17) is 4.74 Å². The van der Waals surface area contributed by atoms with Crippen molar-refractivity contribution in [2.75, 3.05) is 11.9 Å². The Morgan fingerprint density at radius 1 is 1.29 bits per heavy atom. The highest BCUT2D eigenvalue weighted by Crippen LogP contribution is 2.33. The Labute approximate surface area is 144 Å². The van der Waals surface area contributed by atoms with Crippen molar-refractivity contribution in [1.82, 2.24) is 0 Å². The van der Waals surface area contributed by atoms with Gasteiger partial charge in [-0.05, 0) is 36.5 Å². The highest BCUT2D eigenvalue weighted by atomic mass is 16.5. The van der Waals surface area contributed by atoms with Gasteiger partial charge >= 0.3 is 0 Å². The molecule has 1 aromatic carbocycles. The van der Waals surface area contributed by atoms with Crippen molar-refractivity contribution in [2.45, 2.75) is 58.3 Å². The summed E-state index contributed by atoms with van der Waals surface area (Å²) in [6, 6.07) is 5.30. The number of nitrogens with one attached hydrogen (secondary N) is 1. The van der Waals surface area contributed by atoms with Gasteiger partial charge in [0, 0.05) is 12.0 Å². The lowest BCUT2D eigenvalue weighted by Gasteiger charge is -2.27. The summed E-state index contributed by atoms with van der Waals surface area (Å²) in [6.45, 7) is 2.38. The Hall–Kier alpha value is -1.84. The smallest absolute Gasteiger partial charge is 0.262 e. The van der Waals surface area contributed by atoms with E-state index < -0.39 is 0 Å². The number of ketones is 1. The van der Waals surface area contributed by atoms with Gasteiger partial charge in [-0.3, -0.25) is 9.59 Å². The summed E-state index contributed by atoms with van der Waals surface area (Å²) < 4.78 is 5.33. The monoisotopic (exact) mass is 329 g/mol. The maximum Gasteiger partial charge on any atom is 0.262 e. The molecule has 1 aliphatic heterocycles. The van der Waals surface area contributed by atoms with E-state index in [-0.39, 0.29) is 18.3 Å². The van der Waals surface area contributed by atoms with Gasteiger partial charge < -0.3 is 10.1 Å². The lowest BCUT2D eigenvalue weighted by atomic mass is 9.79. The number of benzene rings is 1. The number of anilines is 1. The minimum atomic E-state index is -0.173. The highest BCUT2D eigenvalue weighted by molar-refractivity contribution is 6.00. The zero-order valence-corrected chi connectivity index (χ0v) is 14.5. The minimum absolute atomic E-state index is 0.0410. The summed E-state index contributed by atoms with van der Waals surface area (Å²) in [5.74, 6) is 2.18. The molecule has 1 aliphatic carbocycles. The molecule has 1 aromatic rings. The Bertz CT molecular complexity index is 605. The van der Waals surface area contributed by atoms with Crippen molar-refractivity contribution < 1.29 is 14.3 Å². The number of hydrogen-bond donors (Lipinski definition) is 1. The van der Waals surface area contributed by atoms with Gasteiger partial charge in [0.1, 0.15) is 5.75 Å². The number of rotatable bonds is 6. The van der Waals surface area contributed by atoms with Crippen LogP contribution in [0.15, 0.2) is 18.2 Å². The Kier molecular flexibility index (Phi) is 5.54. The summed E-state index contributed by atoms with van der Waals surface area (Å²) in [5, 5.41) is 2.76. The minimum Gasteiger partial charge on any atom is -0.482 e. The molecule has 4 heteroatoms. The maximum atomic E-state index is 12.4. The van der Waals surface area contributed by atoms with E-state index in [0.29, 0.717) is 29.3 Å².